The van der Waals surface area contributed by atoms with Crippen LogP contribution in [0.5, 0.6) is 0 Å². The largest absolute Gasteiger partial charge is 0.391 e. The van der Waals surface area contributed by atoms with Gasteiger partial charge in [-0.25, -0.2) is 8.42 Å². The van der Waals surface area contributed by atoms with Crippen molar-refractivity contribution in [1.29, 1.82) is 0 Å². The molecule has 0 saturated carbocycles. The third-order valence-electron chi connectivity index (χ3n) is 2.63. The van der Waals surface area contributed by atoms with Gasteiger partial charge in [-0.3, -0.25) is 0 Å². The minimum atomic E-state index is -3.44. The summed E-state index contributed by atoms with van der Waals surface area (Å²) in [4.78, 5) is 0.266. The van der Waals surface area contributed by atoms with E-state index in [9.17, 15) is 13.5 Å². The molecule has 0 heterocycles. The topological polar surface area (TPSA) is 66.4 Å². The van der Waals surface area contributed by atoms with Gasteiger partial charge in [0.05, 0.1) is 16.8 Å². The van der Waals surface area contributed by atoms with Crippen LogP contribution in [0.15, 0.2) is 29.2 Å². The molecule has 5 heteroatoms. The second-order valence-electron chi connectivity index (χ2n) is 5.88. The summed E-state index contributed by atoms with van der Waals surface area (Å²) in [5.41, 5.74) is 0.747. The van der Waals surface area contributed by atoms with Gasteiger partial charge in [0, 0.05) is 12.1 Å². The van der Waals surface area contributed by atoms with E-state index in [1.54, 1.807) is 18.2 Å². The van der Waals surface area contributed by atoms with E-state index in [2.05, 4.69) is 5.32 Å². The molecule has 4 nitrogen and oxygen atoms in total. The van der Waals surface area contributed by atoms with E-state index in [0.717, 1.165) is 5.56 Å². The zero-order valence-corrected chi connectivity index (χ0v) is 12.8. The highest BCUT2D eigenvalue weighted by molar-refractivity contribution is 7.91. The van der Waals surface area contributed by atoms with Crippen LogP contribution in [0.25, 0.3) is 0 Å². The first kappa shape index (κ1) is 16.1. The van der Waals surface area contributed by atoms with E-state index < -0.39 is 15.9 Å². The third-order valence-corrected chi connectivity index (χ3v) is 4.42. The molecule has 0 amide bonds. The zero-order valence-electron chi connectivity index (χ0n) is 12.0. The van der Waals surface area contributed by atoms with Crippen molar-refractivity contribution in [3.63, 3.8) is 0 Å². The first-order chi connectivity index (χ1) is 8.60. The molecule has 0 aliphatic heterocycles. The second-order valence-corrected chi connectivity index (χ2v) is 7.92. The van der Waals surface area contributed by atoms with Crippen molar-refractivity contribution in [1.82, 2.24) is 5.32 Å². The Labute approximate surface area is 115 Å². The molecular formula is C14H23NO3S. The van der Waals surface area contributed by atoms with Crippen LogP contribution in [-0.2, 0) is 9.84 Å². The van der Waals surface area contributed by atoms with Gasteiger partial charge in [0.25, 0.3) is 0 Å². The fourth-order valence-electron chi connectivity index (χ4n) is 1.64. The molecule has 108 valence electrons. The fraction of sp³-hybridized carbons (Fsp3) is 0.571. The number of benzene rings is 1. The molecule has 0 aromatic heterocycles. The molecule has 0 aliphatic carbocycles. The highest BCUT2D eigenvalue weighted by atomic mass is 32.2. The Bertz CT molecular complexity index is 518. The molecule has 0 spiro atoms. The number of rotatable bonds is 5. The maximum atomic E-state index is 12.1. The summed E-state index contributed by atoms with van der Waals surface area (Å²) in [6, 6.07) is 6.74. The fourth-order valence-corrected chi connectivity index (χ4v) is 3.11. The monoisotopic (exact) mass is 285 g/mol. The van der Waals surface area contributed by atoms with Crippen molar-refractivity contribution >= 4 is 9.84 Å². The van der Waals surface area contributed by atoms with E-state index in [4.69, 9.17) is 0 Å². The average Bonchev–Trinajstić information content (AvgIpc) is 2.25. The summed E-state index contributed by atoms with van der Waals surface area (Å²) in [7, 11) is -3.44. The molecular weight excluding hydrogens is 262 g/mol. The summed E-state index contributed by atoms with van der Waals surface area (Å²) in [6.07, 6.45) is -0.912. The summed E-state index contributed by atoms with van der Waals surface area (Å²) >= 11 is 0. The molecule has 1 aromatic carbocycles. The lowest BCUT2D eigenvalue weighted by Gasteiger charge is -2.22. The predicted octanol–water partition coefficient (Wildman–Crippen LogP) is 1.52. The lowest BCUT2D eigenvalue weighted by atomic mass is 10.1. The van der Waals surface area contributed by atoms with Gasteiger partial charge in [-0.15, -0.1) is 0 Å². The number of sulfone groups is 1. The lowest BCUT2D eigenvalue weighted by Crippen LogP contribution is -2.42. The second kappa shape index (κ2) is 6.03. The van der Waals surface area contributed by atoms with Crippen molar-refractivity contribution in [2.75, 3.05) is 12.3 Å². The van der Waals surface area contributed by atoms with Crippen LogP contribution in [-0.4, -0.2) is 37.5 Å². The van der Waals surface area contributed by atoms with Crippen LogP contribution in [0.2, 0.25) is 0 Å². The first-order valence-corrected chi connectivity index (χ1v) is 7.98. The van der Waals surface area contributed by atoms with Crippen LogP contribution in [0.1, 0.15) is 26.3 Å². The van der Waals surface area contributed by atoms with E-state index in [-0.39, 0.29) is 22.7 Å². The summed E-state index contributed by atoms with van der Waals surface area (Å²) in [6.45, 7) is 8.00. The van der Waals surface area contributed by atoms with Gasteiger partial charge in [0.2, 0.25) is 0 Å². The highest BCUT2D eigenvalue weighted by Gasteiger charge is 2.21. The Morgan fingerprint density at radius 2 is 1.95 bits per heavy atom. The van der Waals surface area contributed by atoms with Crippen molar-refractivity contribution in [2.45, 2.75) is 44.2 Å². The van der Waals surface area contributed by atoms with Crippen molar-refractivity contribution in [3.05, 3.63) is 29.8 Å². The Morgan fingerprint density at radius 1 is 1.32 bits per heavy atom. The van der Waals surface area contributed by atoms with Crippen LogP contribution in [0, 0.1) is 6.92 Å². The number of aliphatic hydroxyl groups is 1. The van der Waals surface area contributed by atoms with Crippen LogP contribution < -0.4 is 5.32 Å². The predicted molar refractivity (Wildman–Crippen MR) is 77.0 cm³/mol. The molecule has 2 N–H and O–H groups in total. The molecule has 1 aromatic rings. The quantitative estimate of drug-likeness (QED) is 0.861. The van der Waals surface area contributed by atoms with Crippen molar-refractivity contribution in [3.8, 4) is 0 Å². The number of aliphatic hydroxyl groups excluding tert-OH is 1. The van der Waals surface area contributed by atoms with Gasteiger partial charge in [-0.1, -0.05) is 12.1 Å². The molecule has 1 unspecified atom stereocenters. The number of β-amino-alcohol motifs (C(OH)–C–C–N with tert-alkyl or cyclic N) is 1. The zero-order chi connectivity index (χ0) is 14.7. The van der Waals surface area contributed by atoms with Gasteiger partial charge >= 0.3 is 0 Å². The molecule has 1 atom stereocenters. The van der Waals surface area contributed by atoms with E-state index in [0.29, 0.717) is 0 Å². The van der Waals surface area contributed by atoms with Gasteiger partial charge < -0.3 is 10.4 Å². The van der Waals surface area contributed by atoms with E-state index >= 15 is 0 Å². The molecule has 0 bridgehead atoms. The van der Waals surface area contributed by atoms with Gasteiger partial charge in [-0.2, -0.15) is 0 Å². The standard InChI is InChI=1S/C14H23NO3S/c1-11-6-5-7-13(8-11)19(17,18)10-12(16)9-15-14(2,3)4/h5-8,12,15-16H,9-10H2,1-4H3. The van der Waals surface area contributed by atoms with E-state index in [1.165, 1.54) is 0 Å². The SMILES string of the molecule is Cc1cccc(S(=O)(=O)CC(O)CNC(C)(C)C)c1. The maximum absolute atomic E-state index is 12.1. The van der Waals surface area contributed by atoms with Crippen molar-refractivity contribution < 1.29 is 13.5 Å². The van der Waals surface area contributed by atoms with Crippen LogP contribution in [0.4, 0.5) is 0 Å². The minimum absolute atomic E-state index is 0.145. The van der Waals surface area contributed by atoms with Crippen molar-refractivity contribution in [2.24, 2.45) is 0 Å². The Kier molecular flexibility index (Phi) is 5.12. The third kappa shape index (κ3) is 5.72. The molecule has 0 aliphatic rings. The number of nitrogens with one attached hydrogen (secondary N) is 1. The Balaban J connectivity index is 2.70. The van der Waals surface area contributed by atoms with Gasteiger partial charge in [0.15, 0.2) is 9.84 Å². The molecule has 19 heavy (non-hydrogen) atoms. The minimum Gasteiger partial charge on any atom is -0.391 e. The molecule has 0 saturated heterocycles. The number of hydrogen-bond acceptors (Lipinski definition) is 4. The lowest BCUT2D eigenvalue weighted by molar-refractivity contribution is 0.181. The molecule has 0 radical (unpaired) electrons. The smallest absolute Gasteiger partial charge is 0.180 e. The van der Waals surface area contributed by atoms with E-state index in [1.807, 2.05) is 33.8 Å². The number of aryl methyl sites for hydroxylation is 1. The van der Waals surface area contributed by atoms with Crippen LogP contribution in [0.3, 0.4) is 0 Å². The van der Waals surface area contributed by atoms with Gasteiger partial charge in [0.1, 0.15) is 0 Å². The average molecular weight is 285 g/mol. The molecule has 0 fully saturated rings. The Morgan fingerprint density at radius 3 is 2.47 bits per heavy atom. The summed E-state index contributed by atoms with van der Waals surface area (Å²) < 4.78 is 24.3. The molecule has 1 rings (SSSR count). The van der Waals surface area contributed by atoms with Crippen LogP contribution >= 0.6 is 0 Å². The first-order valence-electron chi connectivity index (χ1n) is 6.33. The van der Waals surface area contributed by atoms with Gasteiger partial charge in [-0.05, 0) is 45.4 Å². The maximum Gasteiger partial charge on any atom is 0.180 e. The normalized spacial score (nSPS) is 14.4. The highest BCUT2D eigenvalue weighted by Crippen LogP contribution is 2.14. The Hall–Kier alpha value is -0.910. The summed E-state index contributed by atoms with van der Waals surface area (Å²) in [5.74, 6) is -0.264. The number of hydrogen-bond donors (Lipinski definition) is 2. The summed E-state index contributed by atoms with van der Waals surface area (Å²) in [5, 5.41) is 12.9.